The molecule has 5 rings (SSSR count). The number of halogens is 4. The van der Waals surface area contributed by atoms with E-state index in [9.17, 15) is 0 Å². The van der Waals surface area contributed by atoms with Crippen molar-refractivity contribution in [3.05, 3.63) is 34.6 Å². The number of nitrogens with one attached hydrogen (secondary N) is 1. The average molecular weight is 548 g/mol. The van der Waals surface area contributed by atoms with Crippen LogP contribution in [0.2, 0.25) is 10.0 Å². The van der Waals surface area contributed by atoms with E-state index in [4.69, 9.17) is 44.7 Å². The molecule has 0 radical (unpaired) electrons. The van der Waals surface area contributed by atoms with E-state index in [2.05, 4.69) is 14.9 Å². The number of hydrogen-bond donors (Lipinski definition) is 3. The van der Waals surface area contributed by atoms with E-state index in [0.29, 0.717) is 39.1 Å². The second-order valence-corrected chi connectivity index (χ2v) is 9.70. The van der Waals surface area contributed by atoms with Crippen LogP contribution in [-0.4, -0.2) is 31.6 Å². The predicted octanol–water partition coefficient (Wildman–Crippen LogP) is 5.79. The summed E-state index contributed by atoms with van der Waals surface area (Å²) in [4.78, 5) is 14.3. The maximum atomic E-state index is 6.54. The molecule has 2 heterocycles. The van der Waals surface area contributed by atoms with Crippen LogP contribution in [0.5, 0.6) is 0 Å². The summed E-state index contributed by atoms with van der Waals surface area (Å²) < 4.78 is 2.17. The molecule has 0 unspecified atom stereocenters. The first-order valence-electron chi connectivity index (χ1n) is 11.3. The van der Waals surface area contributed by atoms with Gasteiger partial charge < -0.3 is 15.6 Å². The number of rotatable bonds is 5. The van der Waals surface area contributed by atoms with Crippen LogP contribution in [0.1, 0.15) is 57.4 Å². The fraction of sp³-hybridized carbons (Fsp3) is 0.500. The normalized spacial score (nSPS) is 20.6. The Morgan fingerprint density at radius 1 is 1.00 bits per heavy atom. The Morgan fingerprint density at radius 3 is 2.38 bits per heavy atom. The first-order valence-corrected chi connectivity index (χ1v) is 12.0. The second kappa shape index (κ2) is 11.5. The van der Waals surface area contributed by atoms with Gasteiger partial charge in [-0.05, 0) is 56.7 Å². The van der Waals surface area contributed by atoms with Crippen molar-refractivity contribution in [1.82, 2.24) is 19.5 Å². The SMILES string of the molecule is Cl.Cl.NN(c1ccc(Cl)cc1Cl)c1nc(N[C@H]2CC[C@H](N)CC2)nc2c1ncn2C1CCCC1. The van der Waals surface area contributed by atoms with Crippen molar-refractivity contribution in [2.75, 3.05) is 10.3 Å². The van der Waals surface area contributed by atoms with Gasteiger partial charge in [0.05, 0.1) is 17.0 Å². The highest BCUT2D eigenvalue weighted by Gasteiger charge is 2.25. The van der Waals surface area contributed by atoms with Crippen LogP contribution in [0.3, 0.4) is 0 Å². The summed E-state index contributed by atoms with van der Waals surface area (Å²) in [5.41, 5.74) is 8.12. The number of imidazole rings is 1. The van der Waals surface area contributed by atoms with E-state index >= 15 is 0 Å². The molecule has 2 aliphatic carbocycles. The maximum absolute atomic E-state index is 6.54. The minimum absolute atomic E-state index is 0. The predicted molar refractivity (Wildman–Crippen MR) is 144 cm³/mol. The summed E-state index contributed by atoms with van der Waals surface area (Å²) in [6, 6.07) is 6.16. The number of nitrogens with two attached hydrogens (primary N) is 2. The van der Waals surface area contributed by atoms with Gasteiger partial charge in [-0.25, -0.2) is 10.8 Å². The minimum atomic E-state index is 0. The van der Waals surface area contributed by atoms with Crippen molar-refractivity contribution in [1.29, 1.82) is 0 Å². The number of hydrazine groups is 1. The first-order chi connectivity index (χ1) is 15.5. The lowest BCUT2D eigenvalue weighted by Gasteiger charge is -2.27. The average Bonchev–Trinajstić information content (AvgIpc) is 3.44. The topological polar surface area (TPSA) is 111 Å². The van der Waals surface area contributed by atoms with Crippen LogP contribution in [0.15, 0.2) is 24.5 Å². The fourth-order valence-corrected chi connectivity index (χ4v) is 5.32. The lowest BCUT2D eigenvalue weighted by atomic mass is 9.92. The number of nitrogens with zero attached hydrogens (tertiary/aromatic N) is 5. The zero-order valence-corrected chi connectivity index (χ0v) is 21.8. The van der Waals surface area contributed by atoms with Crippen molar-refractivity contribution < 1.29 is 0 Å². The molecule has 0 amide bonds. The van der Waals surface area contributed by atoms with Gasteiger partial charge in [0.1, 0.15) is 0 Å². The zero-order valence-electron chi connectivity index (χ0n) is 18.7. The summed E-state index contributed by atoms with van der Waals surface area (Å²) in [6.45, 7) is 0. The van der Waals surface area contributed by atoms with Crippen LogP contribution in [0.4, 0.5) is 17.5 Å². The largest absolute Gasteiger partial charge is 0.351 e. The standard InChI is InChI=1S/C22H28Cl2N8.2ClH/c23-13-5-10-18(17(24)11-13)32(26)21-19-20(31(12-27-19)16-3-1-2-4-16)29-22(30-21)28-15-8-6-14(25)7-9-15;;/h5,10-12,14-16H,1-4,6-9,25-26H2,(H,28,29,30);2*1H/t14-,15-;;. The van der Waals surface area contributed by atoms with Crippen molar-refractivity contribution in [3.8, 4) is 0 Å². The number of benzene rings is 1. The second-order valence-electron chi connectivity index (χ2n) is 8.85. The quantitative estimate of drug-likeness (QED) is 0.274. The van der Waals surface area contributed by atoms with E-state index < -0.39 is 0 Å². The molecule has 2 saturated carbocycles. The molecule has 0 spiro atoms. The molecular formula is C22H30Cl4N8. The van der Waals surface area contributed by atoms with Gasteiger partial charge in [0.25, 0.3) is 0 Å². The molecule has 5 N–H and O–H groups in total. The molecule has 1 aromatic carbocycles. The van der Waals surface area contributed by atoms with E-state index in [1.807, 2.05) is 6.33 Å². The summed E-state index contributed by atoms with van der Waals surface area (Å²) in [5.74, 6) is 7.59. The van der Waals surface area contributed by atoms with Crippen LogP contribution in [-0.2, 0) is 0 Å². The zero-order chi connectivity index (χ0) is 22.2. The summed E-state index contributed by atoms with van der Waals surface area (Å²) in [5, 5.41) is 5.97. The Hall–Kier alpha value is -1.55. The molecule has 34 heavy (non-hydrogen) atoms. The molecule has 2 aromatic heterocycles. The van der Waals surface area contributed by atoms with Gasteiger partial charge in [0, 0.05) is 23.1 Å². The van der Waals surface area contributed by atoms with E-state index in [1.54, 1.807) is 18.2 Å². The highest BCUT2D eigenvalue weighted by atomic mass is 35.5. The first kappa shape index (κ1) is 27.0. The van der Waals surface area contributed by atoms with Crippen LogP contribution in [0, 0.1) is 0 Å². The Bertz CT molecular complexity index is 1110. The fourth-order valence-electron chi connectivity index (χ4n) is 4.82. The third-order valence-corrected chi connectivity index (χ3v) is 7.16. The van der Waals surface area contributed by atoms with E-state index in [0.717, 1.165) is 44.2 Å². The Labute approximate surface area is 221 Å². The molecule has 2 aliphatic rings. The number of fused-ring (bicyclic) bond motifs is 1. The number of aromatic nitrogens is 4. The molecule has 2 fully saturated rings. The minimum Gasteiger partial charge on any atom is -0.351 e. The van der Waals surface area contributed by atoms with Gasteiger partial charge in [-0.15, -0.1) is 24.8 Å². The molecule has 0 aliphatic heterocycles. The van der Waals surface area contributed by atoms with Gasteiger partial charge in [-0.1, -0.05) is 36.0 Å². The van der Waals surface area contributed by atoms with Crippen LogP contribution in [0.25, 0.3) is 11.2 Å². The molecule has 0 saturated heterocycles. The molecule has 0 atom stereocenters. The van der Waals surface area contributed by atoms with Crippen molar-refractivity contribution in [3.63, 3.8) is 0 Å². The van der Waals surface area contributed by atoms with Crippen molar-refractivity contribution in [2.45, 2.75) is 69.5 Å². The number of anilines is 3. The highest BCUT2D eigenvalue weighted by molar-refractivity contribution is 6.36. The smallest absolute Gasteiger partial charge is 0.227 e. The maximum Gasteiger partial charge on any atom is 0.227 e. The van der Waals surface area contributed by atoms with Gasteiger partial charge in [0.2, 0.25) is 5.95 Å². The summed E-state index contributed by atoms with van der Waals surface area (Å²) in [7, 11) is 0. The van der Waals surface area contributed by atoms with Gasteiger partial charge >= 0.3 is 0 Å². The molecule has 12 heteroatoms. The van der Waals surface area contributed by atoms with Gasteiger partial charge in [-0.3, -0.25) is 5.01 Å². The molecule has 3 aromatic rings. The van der Waals surface area contributed by atoms with Crippen molar-refractivity contribution >= 4 is 76.6 Å². The lowest BCUT2D eigenvalue weighted by molar-refractivity contribution is 0.410. The van der Waals surface area contributed by atoms with Crippen LogP contribution < -0.4 is 21.9 Å². The lowest BCUT2D eigenvalue weighted by Crippen LogP contribution is -2.33. The van der Waals surface area contributed by atoms with Crippen LogP contribution >= 0.6 is 48.0 Å². The molecule has 186 valence electrons. The van der Waals surface area contributed by atoms with Gasteiger partial charge in [-0.2, -0.15) is 9.97 Å². The third-order valence-electron chi connectivity index (χ3n) is 6.62. The molecule has 0 bridgehead atoms. The highest BCUT2D eigenvalue weighted by Crippen LogP contribution is 2.37. The molecule has 8 nitrogen and oxygen atoms in total. The summed E-state index contributed by atoms with van der Waals surface area (Å²) in [6.07, 6.45) is 10.5. The Morgan fingerprint density at radius 2 is 1.71 bits per heavy atom. The summed E-state index contributed by atoms with van der Waals surface area (Å²) >= 11 is 12.5. The third kappa shape index (κ3) is 5.48. The Balaban J connectivity index is 0.00000162. The number of hydrogen-bond acceptors (Lipinski definition) is 7. The molecular weight excluding hydrogens is 518 g/mol. The van der Waals surface area contributed by atoms with Gasteiger partial charge in [0.15, 0.2) is 17.0 Å². The Kier molecular flexibility index (Phi) is 9.11. The van der Waals surface area contributed by atoms with E-state index in [-0.39, 0.29) is 36.9 Å². The van der Waals surface area contributed by atoms with Crippen molar-refractivity contribution in [2.24, 2.45) is 11.6 Å². The monoisotopic (exact) mass is 546 g/mol. The van der Waals surface area contributed by atoms with E-state index in [1.165, 1.54) is 17.9 Å².